The van der Waals surface area contributed by atoms with E-state index in [1.165, 1.54) is 24.6 Å². The number of aromatic amines is 1. The van der Waals surface area contributed by atoms with E-state index in [2.05, 4.69) is 20.2 Å². The highest BCUT2D eigenvalue weighted by atomic mass is 32.1. The van der Waals surface area contributed by atoms with Gasteiger partial charge in [-0.2, -0.15) is 0 Å². The minimum Gasteiger partial charge on any atom is -0.295 e. The van der Waals surface area contributed by atoms with E-state index in [-0.39, 0.29) is 18.0 Å². The highest BCUT2D eigenvalue weighted by molar-refractivity contribution is 7.09. The Kier molecular flexibility index (Phi) is 4.90. The van der Waals surface area contributed by atoms with Gasteiger partial charge in [0.05, 0.1) is 12.1 Å². The van der Waals surface area contributed by atoms with Gasteiger partial charge in [-0.15, -0.1) is 16.4 Å². The highest BCUT2D eigenvalue weighted by Gasteiger charge is 2.21. The zero-order valence-electron chi connectivity index (χ0n) is 13.4. The smallest absolute Gasteiger partial charge is 0.268 e. The van der Waals surface area contributed by atoms with Crippen LogP contribution in [0.1, 0.15) is 44.2 Å². The molecule has 8 heteroatoms. The summed E-state index contributed by atoms with van der Waals surface area (Å²) in [6.07, 6.45) is 1.78. The van der Waals surface area contributed by atoms with Gasteiger partial charge < -0.3 is 0 Å². The fourth-order valence-electron chi connectivity index (χ4n) is 2.24. The van der Waals surface area contributed by atoms with E-state index >= 15 is 0 Å². The number of ketones is 3. The van der Waals surface area contributed by atoms with Crippen LogP contribution in [-0.2, 0) is 17.6 Å². The Morgan fingerprint density at radius 1 is 1.16 bits per heavy atom. The van der Waals surface area contributed by atoms with Crippen LogP contribution in [-0.4, -0.2) is 37.5 Å². The number of nitrogens with one attached hydrogen (secondary N) is 1. The standard InChI is InChI=1S/C17H14N4O3S/c1-10(22)12-4-2-11(3-5-12)6-13-8-25-15(20-13)7-14(23)16(24)17-18-9-19-21-17/h2-5,8-9H,6-7H2,1H3,(H,18,19,21). The summed E-state index contributed by atoms with van der Waals surface area (Å²) in [5, 5.41) is 8.45. The molecule has 1 N–H and O–H groups in total. The van der Waals surface area contributed by atoms with Crippen LogP contribution in [0.4, 0.5) is 0 Å². The van der Waals surface area contributed by atoms with Crippen LogP contribution in [0.3, 0.4) is 0 Å². The molecule has 126 valence electrons. The summed E-state index contributed by atoms with van der Waals surface area (Å²) in [7, 11) is 0. The van der Waals surface area contributed by atoms with Gasteiger partial charge in [0, 0.05) is 17.4 Å². The van der Waals surface area contributed by atoms with Crippen LogP contribution in [0.5, 0.6) is 0 Å². The predicted molar refractivity (Wildman–Crippen MR) is 90.8 cm³/mol. The number of nitrogens with zero attached hydrogens (tertiary/aromatic N) is 3. The third-order valence-corrected chi connectivity index (χ3v) is 4.43. The first-order valence-electron chi connectivity index (χ1n) is 7.49. The normalized spacial score (nSPS) is 10.6. The Bertz CT molecular complexity index is 914. The molecule has 0 atom stereocenters. The van der Waals surface area contributed by atoms with Crippen LogP contribution in [0, 0.1) is 0 Å². The zero-order chi connectivity index (χ0) is 17.8. The zero-order valence-corrected chi connectivity index (χ0v) is 14.2. The molecule has 0 unspecified atom stereocenters. The number of hydrogen-bond donors (Lipinski definition) is 1. The molecule has 0 aliphatic heterocycles. The quantitative estimate of drug-likeness (QED) is 0.514. The first-order chi connectivity index (χ1) is 12.0. The maximum Gasteiger partial charge on any atom is 0.268 e. The summed E-state index contributed by atoms with van der Waals surface area (Å²) in [6, 6.07) is 7.33. The van der Waals surface area contributed by atoms with Crippen molar-refractivity contribution in [3.8, 4) is 0 Å². The van der Waals surface area contributed by atoms with Gasteiger partial charge in [-0.05, 0) is 12.5 Å². The average molecular weight is 354 g/mol. The molecule has 3 aromatic rings. The Morgan fingerprint density at radius 2 is 1.92 bits per heavy atom. The molecule has 0 amide bonds. The molecular formula is C17H14N4O3S. The molecule has 0 radical (unpaired) electrons. The van der Waals surface area contributed by atoms with E-state index in [4.69, 9.17) is 0 Å². The second-order valence-electron chi connectivity index (χ2n) is 5.41. The van der Waals surface area contributed by atoms with Gasteiger partial charge in [-0.3, -0.25) is 19.5 Å². The van der Waals surface area contributed by atoms with Gasteiger partial charge in [-0.1, -0.05) is 24.3 Å². The number of thiazole rings is 1. The molecule has 1 aromatic carbocycles. The van der Waals surface area contributed by atoms with Crippen LogP contribution in [0.15, 0.2) is 36.0 Å². The average Bonchev–Trinajstić information content (AvgIpc) is 3.27. The summed E-state index contributed by atoms with van der Waals surface area (Å²) in [5.74, 6) is -1.42. The molecular weight excluding hydrogens is 340 g/mol. The molecule has 0 aliphatic rings. The third kappa shape index (κ3) is 4.10. The summed E-state index contributed by atoms with van der Waals surface area (Å²) in [4.78, 5) is 43.2. The summed E-state index contributed by atoms with van der Waals surface area (Å²) in [5.41, 5.74) is 2.50. The van der Waals surface area contributed by atoms with Gasteiger partial charge in [0.25, 0.3) is 5.78 Å². The van der Waals surface area contributed by atoms with Crippen molar-refractivity contribution in [1.29, 1.82) is 0 Å². The molecule has 7 nitrogen and oxygen atoms in total. The molecule has 0 saturated heterocycles. The van der Waals surface area contributed by atoms with E-state index in [0.717, 1.165) is 11.3 Å². The van der Waals surface area contributed by atoms with E-state index < -0.39 is 11.6 Å². The predicted octanol–water partition coefficient (Wildman–Crippen LogP) is 2.05. The molecule has 0 spiro atoms. The van der Waals surface area contributed by atoms with Crippen LogP contribution >= 0.6 is 11.3 Å². The van der Waals surface area contributed by atoms with Gasteiger partial charge in [-0.25, -0.2) is 9.97 Å². The summed E-state index contributed by atoms with van der Waals surface area (Å²) in [6.45, 7) is 1.53. The number of carbonyl (C=O) groups excluding carboxylic acids is 3. The minimum absolute atomic E-state index is 0.0251. The van der Waals surface area contributed by atoms with Crippen molar-refractivity contribution in [3.05, 3.63) is 63.6 Å². The monoisotopic (exact) mass is 354 g/mol. The number of hydrogen-bond acceptors (Lipinski definition) is 7. The molecule has 0 bridgehead atoms. The van der Waals surface area contributed by atoms with Crippen molar-refractivity contribution in [3.63, 3.8) is 0 Å². The Balaban J connectivity index is 1.63. The van der Waals surface area contributed by atoms with Crippen molar-refractivity contribution < 1.29 is 14.4 Å². The molecule has 2 aromatic heterocycles. The van der Waals surface area contributed by atoms with Crippen molar-refractivity contribution in [2.24, 2.45) is 0 Å². The van der Waals surface area contributed by atoms with E-state index in [9.17, 15) is 14.4 Å². The lowest BCUT2D eigenvalue weighted by molar-refractivity contribution is -0.114. The fraction of sp³-hybridized carbons (Fsp3) is 0.176. The van der Waals surface area contributed by atoms with Crippen molar-refractivity contribution in [1.82, 2.24) is 20.2 Å². The Labute approximate surface area is 147 Å². The number of Topliss-reactive ketones (excluding diaryl/α,β-unsaturated/α-hetero) is 3. The molecule has 2 heterocycles. The number of carbonyl (C=O) groups is 3. The van der Waals surface area contributed by atoms with Gasteiger partial charge >= 0.3 is 0 Å². The number of aromatic nitrogens is 4. The van der Waals surface area contributed by atoms with E-state index in [1.807, 2.05) is 17.5 Å². The lowest BCUT2D eigenvalue weighted by Gasteiger charge is -2.00. The van der Waals surface area contributed by atoms with Crippen LogP contribution in [0.2, 0.25) is 0 Å². The van der Waals surface area contributed by atoms with Crippen LogP contribution < -0.4 is 0 Å². The van der Waals surface area contributed by atoms with Crippen molar-refractivity contribution in [2.75, 3.05) is 0 Å². The number of H-pyrrole nitrogens is 1. The van der Waals surface area contributed by atoms with Crippen LogP contribution in [0.25, 0.3) is 0 Å². The Morgan fingerprint density at radius 3 is 2.56 bits per heavy atom. The second kappa shape index (κ2) is 7.27. The summed E-state index contributed by atoms with van der Waals surface area (Å²) < 4.78 is 0. The maximum atomic E-state index is 12.0. The molecule has 25 heavy (non-hydrogen) atoms. The van der Waals surface area contributed by atoms with Crippen molar-refractivity contribution in [2.45, 2.75) is 19.8 Å². The number of benzene rings is 1. The molecule has 0 saturated carbocycles. The first-order valence-corrected chi connectivity index (χ1v) is 8.37. The number of rotatable bonds is 7. The summed E-state index contributed by atoms with van der Waals surface area (Å²) >= 11 is 1.33. The largest absolute Gasteiger partial charge is 0.295 e. The van der Waals surface area contributed by atoms with E-state index in [0.29, 0.717) is 17.0 Å². The minimum atomic E-state index is -0.724. The van der Waals surface area contributed by atoms with Gasteiger partial charge in [0.1, 0.15) is 11.3 Å². The lowest BCUT2D eigenvalue weighted by Crippen LogP contribution is -2.18. The SMILES string of the molecule is CC(=O)c1ccc(Cc2csc(CC(=O)C(=O)c3nc[nH]n3)n2)cc1. The topological polar surface area (TPSA) is 106 Å². The van der Waals surface area contributed by atoms with Gasteiger partial charge in [0.2, 0.25) is 11.6 Å². The molecule has 3 rings (SSSR count). The first kappa shape index (κ1) is 16.8. The maximum absolute atomic E-state index is 12.0. The fourth-order valence-corrected chi connectivity index (χ4v) is 3.03. The van der Waals surface area contributed by atoms with E-state index in [1.54, 1.807) is 12.1 Å². The lowest BCUT2D eigenvalue weighted by atomic mass is 10.1. The Hall–Kier alpha value is -3.00. The third-order valence-electron chi connectivity index (χ3n) is 3.53. The van der Waals surface area contributed by atoms with Crippen molar-refractivity contribution >= 4 is 28.7 Å². The second-order valence-corrected chi connectivity index (χ2v) is 6.36. The highest BCUT2D eigenvalue weighted by Crippen LogP contribution is 2.16. The van der Waals surface area contributed by atoms with Gasteiger partial charge in [0.15, 0.2) is 5.78 Å². The molecule has 0 aliphatic carbocycles. The molecule has 0 fully saturated rings.